The number of carbonyl (C=O) groups excluding carboxylic acids is 1. The smallest absolute Gasteiger partial charge is 0.239 e. The Morgan fingerprint density at radius 2 is 2.10 bits per heavy atom. The molecule has 2 N–H and O–H groups in total. The van der Waals surface area contributed by atoms with Gasteiger partial charge >= 0.3 is 0 Å². The molecule has 0 aliphatic carbocycles. The van der Waals surface area contributed by atoms with E-state index in [2.05, 4.69) is 10.6 Å². The fraction of sp³-hybridized carbons (Fsp3) is 0.417. The Bertz CT molecular complexity index is 619. The van der Waals surface area contributed by atoms with Gasteiger partial charge in [-0.2, -0.15) is 0 Å². The van der Waals surface area contributed by atoms with Crippen molar-refractivity contribution in [3.63, 3.8) is 0 Å². The van der Waals surface area contributed by atoms with E-state index in [9.17, 15) is 22.0 Å². The number of nitrogens with one attached hydrogen (secondary N) is 2. The molecule has 0 aromatic heterocycles. The summed E-state index contributed by atoms with van der Waals surface area (Å²) in [6.45, 7) is -0.253. The maximum Gasteiger partial charge on any atom is 0.239 e. The highest BCUT2D eigenvalue weighted by atomic mass is 32.2. The summed E-state index contributed by atoms with van der Waals surface area (Å²) < 4.78 is 48.6. The molecule has 1 aliphatic heterocycles. The van der Waals surface area contributed by atoms with E-state index in [0.717, 1.165) is 18.2 Å². The SMILES string of the molecule is O=C(CNc1cc(F)ccc1F)N[C@H]1CCS(=O)(=O)C1. The van der Waals surface area contributed by atoms with Crippen molar-refractivity contribution in [2.75, 3.05) is 23.4 Å². The van der Waals surface area contributed by atoms with Crippen LogP contribution in [0.5, 0.6) is 0 Å². The number of sulfone groups is 1. The predicted octanol–water partition coefficient (Wildman–Crippen LogP) is 0.680. The molecule has 8 heteroatoms. The van der Waals surface area contributed by atoms with Gasteiger partial charge < -0.3 is 10.6 Å². The fourth-order valence-corrected chi connectivity index (χ4v) is 3.67. The Balaban J connectivity index is 1.85. The maximum atomic E-state index is 13.3. The number of anilines is 1. The molecule has 1 amide bonds. The number of amides is 1. The average Bonchev–Trinajstić information content (AvgIpc) is 2.70. The summed E-state index contributed by atoms with van der Waals surface area (Å²) in [6, 6.07) is 2.47. The van der Waals surface area contributed by atoms with Crippen LogP contribution in [-0.2, 0) is 14.6 Å². The Labute approximate surface area is 115 Å². The van der Waals surface area contributed by atoms with Crippen molar-refractivity contribution in [2.24, 2.45) is 0 Å². The molecule has 1 atom stereocenters. The summed E-state index contributed by atoms with van der Waals surface area (Å²) in [7, 11) is -3.07. The zero-order valence-electron chi connectivity index (χ0n) is 10.5. The van der Waals surface area contributed by atoms with Crippen LogP contribution in [0.3, 0.4) is 0 Å². The largest absolute Gasteiger partial charge is 0.374 e. The number of hydrogen-bond acceptors (Lipinski definition) is 4. The van der Waals surface area contributed by atoms with Crippen molar-refractivity contribution in [3.8, 4) is 0 Å². The first kappa shape index (κ1) is 14.7. The van der Waals surface area contributed by atoms with Gasteiger partial charge in [-0.3, -0.25) is 4.79 Å². The van der Waals surface area contributed by atoms with E-state index in [1.807, 2.05) is 0 Å². The Hall–Kier alpha value is -1.70. The third kappa shape index (κ3) is 3.89. The third-order valence-electron chi connectivity index (χ3n) is 2.97. The number of carbonyl (C=O) groups is 1. The molecule has 20 heavy (non-hydrogen) atoms. The fourth-order valence-electron chi connectivity index (χ4n) is 2.00. The van der Waals surface area contributed by atoms with E-state index < -0.39 is 33.4 Å². The zero-order valence-corrected chi connectivity index (χ0v) is 11.3. The van der Waals surface area contributed by atoms with Crippen LogP contribution in [-0.4, -0.2) is 38.4 Å². The van der Waals surface area contributed by atoms with Crippen LogP contribution in [0.2, 0.25) is 0 Å². The maximum absolute atomic E-state index is 13.3. The summed E-state index contributed by atoms with van der Waals surface area (Å²) in [5.74, 6) is -1.76. The van der Waals surface area contributed by atoms with Crippen molar-refractivity contribution in [2.45, 2.75) is 12.5 Å². The third-order valence-corrected chi connectivity index (χ3v) is 4.73. The quantitative estimate of drug-likeness (QED) is 0.858. The van der Waals surface area contributed by atoms with Gasteiger partial charge in [0.25, 0.3) is 0 Å². The summed E-state index contributed by atoms with van der Waals surface area (Å²) in [5.41, 5.74) is -0.112. The van der Waals surface area contributed by atoms with Gasteiger partial charge in [0.15, 0.2) is 9.84 Å². The standard InChI is InChI=1S/C12H14F2N2O3S/c13-8-1-2-10(14)11(5-8)15-6-12(17)16-9-3-4-20(18,19)7-9/h1-2,5,9,15H,3-4,6-7H2,(H,16,17)/t9-/m0/s1. The van der Waals surface area contributed by atoms with Crippen LogP contribution in [0.25, 0.3) is 0 Å². The molecule has 0 saturated carbocycles. The number of halogens is 2. The van der Waals surface area contributed by atoms with Crippen LogP contribution in [0, 0.1) is 11.6 Å². The lowest BCUT2D eigenvalue weighted by molar-refractivity contribution is -0.119. The van der Waals surface area contributed by atoms with Crippen LogP contribution in [0.1, 0.15) is 6.42 Å². The van der Waals surface area contributed by atoms with Crippen LogP contribution >= 0.6 is 0 Å². The first-order valence-electron chi connectivity index (χ1n) is 6.04. The summed E-state index contributed by atoms with van der Waals surface area (Å²) >= 11 is 0. The van der Waals surface area contributed by atoms with E-state index in [0.29, 0.717) is 6.42 Å². The second-order valence-electron chi connectivity index (χ2n) is 4.65. The van der Waals surface area contributed by atoms with E-state index in [1.165, 1.54) is 0 Å². The molecule has 1 saturated heterocycles. The van der Waals surface area contributed by atoms with Gasteiger partial charge in [0.1, 0.15) is 11.6 Å². The molecule has 5 nitrogen and oxygen atoms in total. The van der Waals surface area contributed by atoms with Crippen molar-refractivity contribution in [1.29, 1.82) is 0 Å². The number of rotatable bonds is 4. The monoisotopic (exact) mass is 304 g/mol. The van der Waals surface area contributed by atoms with Crippen molar-refractivity contribution < 1.29 is 22.0 Å². The first-order chi connectivity index (χ1) is 9.35. The Morgan fingerprint density at radius 3 is 2.75 bits per heavy atom. The van der Waals surface area contributed by atoms with Gasteiger partial charge in [-0.25, -0.2) is 17.2 Å². The molecule has 0 bridgehead atoms. The second-order valence-corrected chi connectivity index (χ2v) is 6.87. The molecular weight excluding hydrogens is 290 g/mol. The van der Waals surface area contributed by atoms with Gasteiger partial charge in [-0.15, -0.1) is 0 Å². The first-order valence-corrected chi connectivity index (χ1v) is 7.86. The van der Waals surface area contributed by atoms with E-state index >= 15 is 0 Å². The summed E-state index contributed by atoms with van der Waals surface area (Å²) in [6.07, 6.45) is 0.377. The Morgan fingerprint density at radius 1 is 1.35 bits per heavy atom. The van der Waals surface area contributed by atoms with Gasteiger partial charge in [0.2, 0.25) is 5.91 Å². The normalized spacial score (nSPS) is 20.6. The minimum absolute atomic E-state index is 0.0594. The lowest BCUT2D eigenvalue weighted by Gasteiger charge is -2.12. The highest BCUT2D eigenvalue weighted by Crippen LogP contribution is 2.15. The zero-order chi connectivity index (χ0) is 14.8. The molecule has 1 aromatic rings. The van der Waals surface area contributed by atoms with E-state index in [-0.39, 0.29) is 23.7 Å². The van der Waals surface area contributed by atoms with Gasteiger partial charge in [-0.1, -0.05) is 0 Å². The van der Waals surface area contributed by atoms with Crippen LogP contribution < -0.4 is 10.6 Å². The second kappa shape index (κ2) is 5.74. The molecule has 0 unspecified atom stereocenters. The summed E-state index contributed by atoms with van der Waals surface area (Å²) in [5, 5.41) is 5.01. The van der Waals surface area contributed by atoms with Crippen LogP contribution in [0.15, 0.2) is 18.2 Å². The molecule has 110 valence electrons. The predicted molar refractivity (Wildman–Crippen MR) is 70.0 cm³/mol. The molecule has 2 rings (SSSR count). The highest BCUT2D eigenvalue weighted by Gasteiger charge is 2.28. The molecule has 1 aliphatic rings. The van der Waals surface area contributed by atoms with Gasteiger partial charge in [0, 0.05) is 6.04 Å². The van der Waals surface area contributed by atoms with Gasteiger partial charge in [0.05, 0.1) is 23.7 Å². The minimum atomic E-state index is -3.07. The average molecular weight is 304 g/mol. The Kier molecular flexibility index (Phi) is 4.22. The lowest BCUT2D eigenvalue weighted by Crippen LogP contribution is -2.39. The summed E-state index contributed by atoms with van der Waals surface area (Å²) in [4.78, 5) is 11.6. The molecule has 1 aromatic carbocycles. The topological polar surface area (TPSA) is 75.3 Å². The molecule has 0 spiro atoms. The van der Waals surface area contributed by atoms with Crippen molar-refractivity contribution in [3.05, 3.63) is 29.8 Å². The van der Waals surface area contributed by atoms with E-state index in [1.54, 1.807) is 0 Å². The van der Waals surface area contributed by atoms with E-state index in [4.69, 9.17) is 0 Å². The highest BCUT2D eigenvalue weighted by molar-refractivity contribution is 7.91. The van der Waals surface area contributed by atoms with Crippen molar-refractivity contribution >= 4 is 21.4 Å². The number of hydrogen-bond donors (Lipinski definition) is 2. The molecule has 1 heterocycles. The lowest BCUT2D eigenvalue weighted by atomic mass is 10.2. The molecule has 0 radical (unpaired) electrons. The number of benzene rings is 1. The van der Waals surface area contributed by atoms with Gasteiger partial charge in [-0.05, 0) is 24.6 Å². The minimum Gasteiger partial charge on any atom is -0.374 e. The molecular formula is C12H14F2N2O3S. The van der Waals surface area contributed by atoms with Crippen molar-refractivity contribution in [1.82, 2.24) is 5.32 Å². The van der Waals surface area contributed by atoms with Crippen LogP contribution in [0.4, 0.5) is 14.5 Å². The molecule has 1 fully saturated rings.